The Morgan fingerprint density at radius 2 is 2.00 bits per heavy atom. The largest absolute Gasteiger partial charge is 0.397 e. The first kappa shape index (κ1) is 11.1. The smallest absolute Gasteiger partial charge is 0.269 e. The maximum absolute atomic E-state index is 10.5. The maximum Gasteiger partial charge on any atom is 0.269 e. The molecule has 84 valence electrons. The SMILES string of the molecule is N#Cc1sc(-c2ccc([N+](=O)[O-])cc2)cc1N. The number of hydrogen-bond acceptors (Lipinski definition) is 5. The van der Waals surface area contributed by atoms with Gasteiger partial charge in [-0.15, -0.1) is 11.3 Å². The second kappa shape index (κ2) is 4.23. The molecule has 0 atom stereocenters. The highest BCUT2D eigenvalue weighted by Gasteiger charge is 2.09. The number of rotatable bonds is 2. The van der Waals surface area contributed by atoms with Gasteiger partial charge < -0.3 is 5.73 Å². The molecule has 2 rings (SSSR count). The lowest BCUT2D eigenvalue weighted by Gasteiger charge is -1.96. The lowest BCUT2D eigenvalue weighted by atomic mass is 10.1. The summed E-state index contributed by atoms with van der Waals surface area (Å²) in [5.41, 5.74) is 6.94. The van der Waals surface area contributed by atoms with Gasteiger partial charge >= 0.3 is 0 Å². The van der Waals surface area contributed by atoms with E-state index < -0.39 is 4.92 Å². The van der Waals surface area contributed by atoms with Gasteiger partial charge in [-0.1, -0.05) is 0 Å². The number of nitro benzene ring substituents is 1. The van der Waals surface area contributed by atoms with Crippen molar-refractivity contribution in [3.63, 3.8) is 0 Å². The van der Waals surface area contributed by atoms with E-state index in [1.165, 1.54) is 23.5 Å². The molecule has 1 aromatic heterocycles. The average Bonchev–Trinajstić information content (AvgIpc) is 2.70. The molecule has 0 unspecified atom stereocenters. The fourth-order valence-electron chi connectivity index (χ4n) is 1.38. The van der Waals surface area contributed by atoms with E-state index in [1.807, 2.05) is 6.07 Å². The van der Waals surface area contributed by atoms with Crippen molar-refractivity contribution in [2.75, 3.05) is 5.73 Å². The first-order valence-corrected chi connectivity index (χ1v) is 5.47. The van der Waals surface area contributed by atoms with Crippen LogP contribution in [0.4, 0.5) is 11.4 Å². The van der Waals surface area contributed by atoms with Crippen molar-refractivity contribution >= 4 is 22.7 Å². The van der Waals surface area contributed by atoms with Gasteiger partial charge in [0.2, 0.25) is 0 Å². The molecule has 6 heteroatoms. The molecule has 1 aromatic carbocycles. The molecule has 0 fully saturated rings. The summed E-state index contributed by atoms with van der Waals surface area (Å²) >= 11 is 1.27. The van der Waals surface area contributed by atoms with E-state index >= 15 is 0 Å². The number of thiophene rings is 1. The van der Waals surface area contributed by atoms with Crippen LogP contribution in [0.3, 0.4) is 0 Å². The normalized spacial score (nSPS) is 9.82. The van der Waals surface area contributed by atoms with Crippen LogP contribution in [0.25, 0.3) is 10.4 Å². The van der Waals surface area contributed by atoms with Crippen LogP contribution in [0.15, 0.2) is 30.3 Å². The minimum absolute atomic E-state index is 0.0405. The van der Waals surface area contributed by atoms with Gasteiger partial charge in [0.1, 0.15) is 10.9 Å². The Balaban J connectivity index is 2.40. The van der Waals surface area contributed by atoms with Crippen LogP contribution in [-0.2, 0) is 0 Å². The zero-order valence-corrected chi connectivity index (χ0v) is 9.40. The summed E-state index contributed by atoms with van der Waals surface area (Å²) in [4.78, 5) is 11.3. The lowest BCUT2D eigenvalue weighted by Crippen LogP contribution is -1.86. The maximum atomic E-state index is 10.5. The number of nitrogen functional groups attached to an aromatic ring is 1. The topological polar surface area (TPSA) is 92.9 Å². The van der Waals surface area contributed by atoms with Crippen LogP contribution in [0.2, 0.25) is 0 Å². The van der Waals surface area contributed by atoms with Crippen LogP contribution in [0.1, 0.15) is 4.88 Å². The fraction of sp³-hybridized carbons (Fsp3) is 0. The number of nitrogens with zero attached hydrogens (tertiary/aromatic N) is 2. The van der Waals surface area contributed by atoms with Gasteiger partial charge in [-0.2, -0.15) is 5.26 Å². The van der Waals surface area contributed by atoms with Crippen molar-refractivity contribution in [2.24, 2.45) is 0 Å². The number of hydrogen-bond donors (Lipinski definition) is 1. The molecule has 0 spiro atoms. The average molecular weight is 245 g/mol. The van der Waals surface area contributed by atoms with Crippen LogP contribution in [0, 0.1) is 21.4 Å². The molecule has 2 N–H and O–H groups in total. The molecule has 0 aliphatic carbocycles. The third kappa shape index (κ3) is 2.09. The van der Waals surface area contributed by atoms with E-state index in [0.717, 1.165) is 10.4 Å². The van der Waals surface area contributed by atoms with Crippen molar-refractivity contribution in [1.29, 1.82) is 5.26 Å². The molecule has 0 saturated heterocycles. The van der Waals surface area contributed by atoms with E-state index in [1.54, 1.807) is 18.2 Å². The van der Waals surface area contributed by atoms with Crippen molar-refractivity contribution in [3.8, 4) is 16.5 Å². The van der Waals surface area contributed by atoms with Gasteiger partial charge in [-0.05, 0) is 23.8 Å². The van der Waals surface area contributed by atoms with Crippen molar-refractivity contribution in [3.05, 3.63) is 45.3 Å². The molecule has 0 aliphatic heterocycles. The molecule has 0 amide bonds. The first-order chi connectivity index (χ1) is 8.11. The minimum Gasteiger partial charge on any atom is -0.397 e. The highest BCUT2D eigenvalue weighted by molar-refractivity contribution is 7.16. The fourth-order valence-corrected chi connectivity index (χ4v) is 2.26. The van der Waals surface area contributed by atoms with E-state index in [0.29, 0.717) is 10.6 Å². The molecule has 0 radical (unpaired) electrons. The monoisotopic (exact) mass is 245 g/mol. The molecule has 0 aliphatic rings. The third-order valence-electron chi connectivity index (χ3n) is 2.22. The van der Waals surface area contributed by atoms with Gasteiger partial charge in [0.15, 0.2) is 0 Å². The molecule has 0 saturated carbocycles. The third-order valence-corrected chi connectivity index (χ3v) is 3.33. The molecule has 17 heavy (non-hydrogen) atoms. The second-order valence-corrected chi connectivity index (χ2v) is 4.36. The number of anilines is 1. The van der Waals surface area contributed by atoms with Gasteiger partial charge in [-0.3, -0.25) is 10.1 Å². The Bertz CT molecular complexity index is 611. The standard InChI is InChI=1S/C11H7N3O2S/c12-6-11-9(13)5-10(17-11)7-1-3-8(4-2-7)14(15)16/h1-5H,13H2. The summed E-state index contributed by atoms with van der Waals surface area (Å²) in [6.07, 6.45) is 0. The quantitative estimate of drug-likeness (QED) is 0.650. The second-order valence-electron chi connectivity index (χ2n) is 3.31. The number of nitrogens with two attached hydrogens (primary N) is 1. The van der Waals surface area contributed by atoms with Gasteiger partial charge in [0, 0.05) is 17.0 Å². The Kier molecular flexibility index (Phi) is 2.77. The lowest BCUT2D eigenvalue weighted by molar-refractivity contribution is -0.384. The van der Waals surface area contributed by atoms with Crippen molar-refractivity contribution in [1.82, 2.24) is 0 Å². The Labute approximate surface area is 101 Å². The molecular weight excluding hydrogens is 238 g/mol. The predicted molar refractivity (Wildman–Crippen MR) is 65.5 cm³/mol. The molecular formula is C11H7N3O2S. The zero-order chi connectivity index (χ0) is 12.4. The van der Waals surface area contributed by atoms with Crippen molar-refractivity contribution in [2.45, 2.75) is 0 Å². The van der Waals surface area contributed by atoms with Crippen LogP contribution < -0.4 is 5.73 Å². The summed E-state index contributed by atoms with van der Waals surface area (Å²) in [5, 5.41) is 19.3. The Morgan fingerprint density at radius 1 is 1.35 bits per heavy atom. The molecule has 0 bridgehead atoms. The van der Waals surface area contributed by atoms with E-state index in [-0.39, 0.29) is 5.69 Å². The molecule has 1 heterocycles. The van der Waals surface area contributed by atoms with E-state index in [4.69, 9.17) is 11.0 Å². The van der Waals surface area contributed by atoms with Crippen LogP contribution in [-0.4, -0.2) is 4.92 Å². The Hall–Kier alpha value is -2.39. The summed E-state index contributed by atoms with van der Waals surface area (Å²) < 4.78 is 0. The summed E-state index contributed by atoms with van der Waals surface area (Å²) in [6, 6.07) is 9.84. The number of non-ortho nitro benzene ring substituents is 1. The number of benzene rings is 1. The highest BCUT2D eigenvalue weighted by atomic mass is 32.1. The number of nitriles is 1. The highest BCUT2D eigenvalue weighted by Crippen LogP contribution is 2.33. The van der Waals surface area contributed by atoms with E-state index in [2.05, 4.69) is 0 Å². The summed E-state index contributed by atoms with van der Waals surface area (Å²) in [6.45, 7) is 0. The van der Waals surface area contributed by atoms with Crippen LogP contribution >= 0.6 is 11.3 Å². The Morgan fingerprint density at radius 3 is 2.47 bits per heavy atom. The first-order valence-electron chi connectivity index (χ1n) is 4.66. The molecule has 5 nitrogen and oxygen atoms in total. The molecule has 2 aromatic rings. The van der Waals surface area contributed by atoms with Crippen LogP contribution in [0.5, 0.6) is 0 Å². The van der Waals surface area contributed by atoms with E-state index in [9.17, 15) is 10.1 Å². The minimum atomic E-state index is -0.451. The van der Waals surface area contributed by atoms with Gasteiger partial charge in [0.25, 0.3) is 5.69 Å². The number of nitro groups is 1. The van der Waals surface area contributed by atoms with Crippen molar-refractivity contribution < 1.29 is 4.92 Å². The summed E-state index contributed by atoms with van der Waals surface area (Å²) in [7, 11) is 0. The summed E-state index contributed by atoms with van der Waals surface area (Å²) in [5.74, 6) is 0. The van der Waals surface area contributed by atoms with Gasteiger partial charge in [-0.25, -0.2) is 0 Å². The predicted octanol–water partition coefficient (Wildman–Crippen LogP) is 2.78. The zero-order valence-electron chi connectivity index (χ0n) is 8.58. The van der Waals surface area contributed by atoms with Gasteiger partial charge in [0.05, 0.1) is 10.6 Å².